The predicted octanol–water partition coefficient (Wildman–Crippen LogP) is 3.39. The molecule has 0 bridgehead atoms. The molecule has 0 radical (unpaired) electrons. The lowest BCUT2D eigenvalue weighted by molar-refractivity contribution is -0.153. The number of alkyl halides is 3. The molecular weight excluding hydrogens is 500 g/mol. The van der Waals surface area contributed by atoms with Crippen molar-refractivity contribution in [3.8, 4) is 23.0 Å². The number of fused-ring (bicyclic) bond motifs is 1. The molecule has 0 atom stereocenters. The molecule has 1 heterocycles. The van der Waals surface area contributed by atoms with E-state index in [4.69, 9.17) is 18.9 Å². The van der Waals surface area contributed by atoms with Crippen molar-refractivity contribution in [2.45, 2.75) is 11.1 Å². The van der Waals surface area contributed by atoms with Gasteiger partial charge in [0, 0.05) is 12.1 Å². The first-order valence-corrected chi connectivity index (χ1v) is 11.1. The van der Waals surface area contributed by atoms with Crippen LogP contribution in [-0.2, 0) is 10.0 Å². The minimum atomic E-state index is -4.74. The maximum absolute atomic E-state index is 14.5. The zero-order chi connectivity index (χ0) is 26.0. The molecule has 10 nitrogen and oxygen atoms in total. The molecule has 0 aliphatic heterocycles. The van der Waals surface area contributed by atoms with Gasteiger partial charge in [-0.25, -0.2) is 27.5 Å². The number of sulfonamides is 1. The van der Waals surface area contributed by atoms with E-state index >= 15 is 0 Å². The van der Waals surface area contributed by atoms with E-state index in [2.05, 4.69) is 15.3 Å². The minimum Gasteiger partial charge on any atom is -0.493 e. The van der Waals surface area contributed by atoms with E-state index in [-0.39, 0.29) is 34.1 Å². The standard InChI is InChI=1S/C20H20F4N4O6S/c1-25-35(29,30)15-7-11(13(5-10(15)21)34-8-20(22,23)24)28-19-16-12(26-9-27-19)6-14(31-2)17(32-3)18(16)33-4/h5-7,9,25H,8H2,1-4H3,(H,26,27,28). The molecule has 3 rings (SSSR count). The topological polar surface area (TPSA) is 121 Å². The largest absolute Gasteiger partial charge is 0.493 e. The highest BCUT2D eigenvalue weighted by Gasteiger charge is 2.30. The maximum atomic E-state index is 14.5. The average molecular weight is 520 g/mol. The molecule has 190 valence electrons. The van der Waals surface area contributed by atoms with E-state index in [1.54, 1.807) is 0 Å². The van der Waals surface area contributed by atoms with Crippen LogP contribution in [-0.4, -0.2) is 59.5 Å². The lowest BCUT2D eigenvalue weighted by Gasteiger charge is -2.19. The maximum Gasteiger partial charge on any atom is 0.422 e. The molecule has 0 amide bonds. The Labute approximate surface area is 197 Å². The van der Waals surface area contributed by atoms with E-state index in [1.807, 2.05) is 4.72 Å². The fraction of sp³-hybridized carbons (Fsp3) is 0.300. The molecule has 35 heavy (non-hydrogen) atoms. The van der Waals surface area contributed by atoms with Gasteiger partial charge in [0.15, 0.2) is 18.1 Å². The summed E-state index contributed by atoms with van der Waals surface area (Å²) in [6.45, 7) is -1.75. The Hall–Kier alpha value is -3.59. The van der Waals surface area contributed by atoms with Crippen molar-refractivity contribution in [3.05, 3.63) is 30.3 Å². The highest BCUT2D eigenvalue weighted by Crippen LogP contribution is 2.46. The number of halogens is 4. The third-order valence-corrected chi connectivity index (χ3v) is 6.10. The van der Waals surface area contributed by atoms with E-state index in [1.165, 1.54) is 27.4 Å². The third-order valence-electron chi connectivity index (χ3n) is 4.67. The monoisotopic (exact) mass is 520 g/mol. The summed E-state index contributed by atoms with van der Waals surface area (Å²) in [7, 11) is 0.834. The van der Waals surface area contributed by atoms with Crippen molar-refractivity contribution in [2.75, 3.05) is 40.3 Å². The van der Waals surface area contributed by atoms with Gasteiger partial charge in [-0.15, -0.1) is 0 Å². The molecule has 0 unspecified atom stereocenters. The van der Waals surface area contributed by atoms with Crippen LogP contribution >= 0.6 is 0 Å². The molecule has 0 saturated carbocycles. The van der Waals surface area contributed by atoms with Gasteiger partial charge in [0.2, 0.25) is 15.8 Å². The lowest BCUT2D eigenvalue weighted by atomic mass is 10.1. The van der Waals surface area contributed by atoms with Crippen LogP contribution in [0.5, 0.6) is 23.0 Å². The zero-order valence-corrected chi connectivity index (χ0v) is 19.6. The van der Waals surface area contributed by atoms with Gasteiger partial charge in [-0.2, -0.15) is 13.2 Å². The SMILES string of the molecule is CNS(=O)(=O)c1cc(Nc2ncnc3cc(OC)c(OC)c(OC)c23)c(OCC(F)(F)F)cc1F. The summed E-state index contributed by atoms with van der Waals surface area (Å²) < 4.78 is 100. The van der Waals surface area contributed by atoms with Gasteiger partial charge in [0.25, 0.3) is 0 Å². The summed E-state index contributed by atoms with van der Waals surface area (Å²) in [4.78, 5) is 7.40. The van der Waals surface area contributed by atoms with Crippen molar-refractivity contribution in [2.24, 2.45) is 0 Å². The van der Waals surface area contributed by atoms with Crippen molar-refractivity contribution in [1.82, 2.24) is 14.7 Å². The second-order valence-corrected chi connectivity index (χ2v) is 8.63. The van der Waals surface area contributed by atoms with Gasteiger partial charge in [-0.05, 0) is 13.1 Å². The molecule has 2 N–H and O–H groups in total. The summed E-state index contributed by atoms with van der Waals surface area (Å²) in [6, 6.07) is 2.82. The van der Waals surface area contributed by atoms with E-state index in [9.17, 15) is 26.0 Å². The van der Waals surface area contributed by atoms with Crippen molar-refractivity contribution >= 4 is 32.4 Å². The number of rotatable bonds is 9. The number of benzene rings is 2. The number of hydrogen-bond acceptors (Lipinski definition) is 9. The Morgan fingerprint density at radius 1 is 0.971 bits per heavy atom. The predicted molar refractivity (Wildman–Crippen MR) is 117 cm³/mol. The fourth-order valence-corrected chi connectivity index (χ4v) is 3.95. The first kappa shape index (κ1) is 26.0. The number of aromatic nitrogens is 2. The Balaban J connectivity index is 2.25. The minimum absolute atomic E-state index is 0.0240. The highest BCUT2D eigenvalue weighted by atomic mass is 32.2. The summed E-state index contributed by atoms with van der Waals surface area (Å²) in [6.07, 6.45) is -3.60. The molecule has 3 aromatic rings. The molecule has 1 aromatic heterocycles. The molecular formula is C20H20F4N4O6S. The number of methoxy groups -OCH3 is 3. The van der Waals surface area contributed by atoms with Crippen molar-refractivity contribution < 1.29 is 44.9 Å². The Bertz CT molecular complexity index is 1350. The smallest absolute Gasteiger partial charge is 0.422 e. The van der Waals surface area contributed by atoms with Gasteiger partial charge in [0.1, 0.15) is 28.6 Å². The average Bonchev–Trinajstić information content (AvgIpc) is 2.81. The molecule has 0 aliphatic rings. The van der Waals surface area contributed by atoms with Crippen LogP contribution in [0.2, 0.25) is 0 Å². The van der Waals surface area contributed by atoms with Crippen LogP contribution in [0, 0.1) is 5.82 Å². The second kappa shape index (κ2) is 9.95. The first-order valence-electron chi connectivity index (χ1n) is 9.63. The fourth-order valence-electron chi connectivity index (χ4n) is 3.14. The molecule has 0 aliphatic carbocycles. The van der Waals surface area contributed by atoms with Crippen LogP contribution in [0.25, 0.3) is 10.9 Å². The zero-order valence-electron chi connectivity index (χ0n) is 18.8. The quantitative estimate of drug-likeness (QED) is 0.409. The Morgan fingerprint density at radius 3 is 2.23 bits per heavy atom. The molecule has 0 fully saturated rings. The van der Waals surface area contributed by atoms with E-state index in [0.29, 0.717) is 11.6 Å². The molecule has 0 spiro atoms. The third kappa shape index (κ3) is 5.40. The van der Waals surface area contributed by atoms with E-state index < -0.39 is 39.3 Å². The number of nitrogens with zero attached hydrogens (tertiary/aromatic N) is 2. The van der Waals surface area contributed by atoms with Crippen LogP contribution in [0.4, 0.5) is 29.1 Å². The van der Waals surface area contributed by atoms with Crippen LogP contribution in [0.1, 0.15) is 0 Å². The number of hydrogen-bond donors (Lipinski definition) is 2. The summed E-state index contributed by atoms with van der Waals surface area (Å²) in [5.74, 6) is -1.39. The molecule has 2 aromatic carbocycles. The summed E-state index contributed by atoms with van der Waals surface area (Å²) >= 11 is 0. The van der Waals surface area contributed by atoms with E-state index in [0.717, 1.165) is 19.4 Å². The van der Waals surface area contributed by atoms with Crippen LogP contribution in [0.3, 0.4) is 0 Å². The number of anilines is 2. The normalized spacial score (nSPS) is 11.9. The second-order valence-electron chi connectivity index (χ2n) is 6.78. The summed E-state index contributed by atoms with van der Waals surface area (Å²) in [5.41, 5.74) is -0.0266. The van der Waals surface area contributed by atoms with Gasteiger partial charge in [-0.1, -0.05) is 0 Å². The van der Waals surface area contributed by atoms with Crippen LogP contribution < -0.4 is 29.0 Å². The van der Waals surface area contributed by atoms with Gasteiger partial charge < -0.3 is 24.3 Å². The number of ether oxygens (including phenoxy) is 4. The van der Waals surface area contributed by atoms with Gasteiger partial charge >= 0.3 is 6.18 Å². The Morgan fingerprint density at radius 2 is 1.66 bits per heavy atom. The molecule has 15 heteroatoms. The first-order chi connectivity index (χ1) is 16.5. The number of nitrogens with one attached hydrogen (secondary N) is 2. The summed E-state index contributed by atoms with van der Waals surface area (Å²) in [5, 5.41) is 2.92. The Kier molecular flexibility index (Phi) is 7.40. The van der Waals surface area contributed by atoms with Crippen LogP contribution in [0.15, 0.2) is 29.4 Å². The molecule has 0 saturated heterocycles. The van der Waals surface area contributed by atoms with Crippen molar-refractivity contribution in [1.29, 1.82) is 0 Å². The van der Waals surface area contributed by atoms with Gasteiger partial charge in [-0.3, -0.25) is 0 Å². The van der Waals surface area contributed by atoms with Gasteiger partial charge in [0.05, 0.1) is 37.9 Å². The van der Waals surface area contributed by atoms with Crippen molar-refractivity contribution in [3.63, 3.8) is 0 Å². The highest BCUT2D eigenvalue weighted by molar-refractivity contribution is 7.89. The lowest BCUT2D eigenvalue weighted by Crippen LogP contribution is -2.22.